The Balaban J connectivity index is 1.78. The number of anilines is 1. The lowest BCUT2D eigenvalue weighted by Gasteiger charge is -2.09. The van der Waals surface area contributed by atoms with Crippen molar-refractivity contribution in [1.29, 1.82) is 0 Å². The van der Waals surface area contributed by atoms with Gasteiger partial charge in [0.15, 0.2) is 6.61 Å². The fraction of sp³-hybridized carbons (Fsp3) is 0.278. The first-order valence-corrected chi connectivity index (χ1v) is 7.98. The van der Waals surface area contributed by atoms with E-state index in [4.69, 9.17) is 9.47 Å². The minimum absolute atomic E-state index is 0.0296. The van der Waals surface area contributed by atoms with E-state index in [1.54, 1.807) is 24.3 Å². The molecule has 1 amide bonds. The van der Waals surface area contributed by atoms with Crippen LogP contribution < -0.4 is 14.8 Å². The summed E-state index contributed by atoms with van der Waals surface area (Å²) in [4.78, 5) is 22.0. The van der Waals surface area contributed by atoms with E-state index in [9.17, 15) is 14.9 Å². The van der Waals surface area contributed by atoms with Crippen LogP contribution in [0, 0.1) is 10.1 Å². The van der Waals surface area contributed by atoms with Gasteiger partial charge in [-0.25, -0.2) is 0 Å². The molecule has 1 N–H and O–H groups in total. The summed E-state index contributed by atoms with van der Waals surface area (Å²) >= 11 is 0. The van der Waals surface area contributed by atoms with E-state index >= 15 is 0 Å². The molecule has 0 saturated heterocycles. The summed E-state index contributed by atoms with van der Waals surface area (Å²) in [6.07, 6.45) is 2.07. The molecule has 0 saturated carbocycles. The molecule has 132 valence electrons. The zero-order valence-electron chi connectivity index (χ0n) is 13.9. The van der Waals surface area contributed by atoms with Crippen molar-refractivity contribution < 1.29 is 19.2 Å². The van der Waals surface area contributed by atoms with Crippen LogP contribution in [0.25, 0.3) is 0 Å². The maximum Gasteiger partial charge on any atom is 0.269 e. The highest BCUT2D eigenvalue weighted by molar-refractivity contribution is 5.91. The zero-order chi connectivity index (χ0) is 18.1. The molecule has 0 spiro atoms. The van der Waals surface area contributed by atoms with Gasteiger partial charge in [-0.3, -0.25) is 14.9 Å². The largest absolute Gasteiger partial charge is 0.494 e. The molecule has 0 unspecified atom stereocenters. The van der Waals surface area contributed by atoms with Crippen molar-refractivity contribution in [3.8, 4) is 11.5 Å². The third-order valence-electron chi connectivity index (χ3n) is 3.32. The minimum Gasteiger partial charge on any atom is -0.494 e. The van der Waals surface area contributed by atoms with E-state index < -0.39 is 4.92 Å². The molecular weight excluding hydrogens is 324 g/mol. The summed E-state index contributed by atoms with van der Waals surface area (Å²) in [5, 5.41) is 13.3. The molecule has 25 heavy (non-hydrogen) atoms. The Morgan fingerprint density at radius 1 is 1.04 bits per heavy atom. The molecule has 0 bridgehead atoms. The van der Waals surface area contributed by atoms with Crippen LogP contribution in [0.3, 0.4) is 0 Å². The standard InChI is InChI=1S/C18H20N2O5/c1-2-3-12-24-16-8-4-14(5-9-16)19-18(21)13-25-17-10-6-15(7-11-17)20(22)23/h4-11H,2-3,12-13H2,1H3,(H,19,21). The maximum absolute atomic E-state index is 11.9. The van der Waals surface area contributed by atoms with Crippen LogP contribution in [0.2, 0.25) is 0 Å². The van der Waals surface area contributed by atoms with E-state index in [0.717, 1.165) is 18.6 Å². The number of non-ortho nitro benzene ring substituents is 1. The first-order valence-electron chi connectivity index (χ1n) is 7.98. The molecule has 0 aliphatic heterocycles. The molecule has 0 heterocycles. The number of ether oxygens (including phenoxy) is 2. The summed E-state index contributed by atoms with van der Waals surface area (Å²) in [6, 6.07) is 12.7. The average Bonchev–Trinajstić information content (AvgIpc) is 2.62. The second-order valence-electron chi connectivity index (χ2n) is 5.31. The van der Waals surface area contributed by atoms with Crippen molar-refractivity contribution in [2.45, 2.75) is 19.8 Å². The predicted octanol–water partition coefficient (Wildman–Crippen LogP) is 3.79. The molecule has 0 aliphatic rings. The van der Waals surface area contributed by atoms with Gasteiger partial charge in [0, 0.05) is 17.8 Å². The minimum atomic E-state index is -0.494. The summed E-state index contributed by atoms with van der Waals surface area (Å²) in [6.45, 7) is 2.58. The summed E-state index contributed by atoms with van der Waals surface area (Å²) in [7, 11) is 0. The number of hydrogen-bond donors (Lipinski definition) is 1. The Labute approximate surface area is 145 Å². The third kappa shape index (κ3) is 6.14. The van der Waals surface area contributed by atoms with Crippen molar-refractivity contribution >= 4 is 17.3 Å². The lowest BCUT2D eigenvalue weighted by molar-refractivity contribution is -0.384. The summed E-state index contributed by atoms with van der Waals surface area (Å²) in [5.41, 5.74) is 0.609. The first-order chi connectivity index (χ1) is 12.1. The number of hydrogen-bond acceptors (Lipinski definition) is 5. The number of rotatable bonds is 9. The fourth-order valence-electron chi connectivity index (χ4n) is 1.98. The van der Waals surface area contributed by atoms with Crippen molar-refractivity contribution in [3.63, 3.8) is 0 Å². The molecule has 0 atom stereocenters. The molecule has 2 aromatic carbocycles. The van der Waals surface area contributed by atoms with Crippen molar-refractivity contribution in [2.24, 2.45) is 0 Å². The lowest BCUT2D eigenvalue weighted by atomic mass is 10.3. The van der Waals surface area contributed by atoms with E-state index in [-0.39, 0.29) is 18.2 Å². The Bertz CT molecular complexity index is 698. The maximum atomic E-state index is 11.9. The van der Waals surface area contributed by atoms with Gasteiger partial charge >= 0.3 is 0 Å². The highest BCUT2D eigenvalue weighted by Crippen LogP contribution is 2.18. The molecular formula is C18H20N2O5. The molecule has 7 heteroatoms. The molecule has 0 aliphatic carbocycles. The van der Waals surface area contributed by atoms with Gasteiger partial charge in [0.05, 0.1) is 11.5 Å². The van der Waals surface area contributed by atoms with E-state index in [1.165, 1.54) is 24.3 Å². The van der Waals surface area contributed by atoms with E-state index in [2.05, 4.69) is 12.2 Å². The monoisotopic (exact) mass is 344 g/mol. The van der Waals surface area contributed by atoms with Crippen LogP contribution >= 0.6 is 0 Å². The van der Waals surface area contributed by atoms with E-state index in [1.807, 2.05) is 0 Å². The number of carbonyl (C=O) groups is 1. The Hall–Kier alpha value is -3.09. The van der Waals surface area contributed by atoms with Gasteiger partial charge in [0.1, 0.15) is 11.5 Å². The fourth-order valence-corrected chi connectivity index (χ4v) is 1.98. The van der Waals surface area contributed by atoms with Crippen LogP contribution in [-0.4, -0.2) is 24.0 Å². The van der Waals surface area contributed by atoms with Gasteiger partial charge in [0.25, 0.3) is 11.6 Å². The Morgan fingerprint density at radius 2 is 1.64 bits per heavy atom. The van der Waals surface area contributed by atoms with E-state index in [0.29, 0.717) is 18.0 Å². The van der Waals surface area contributed by atoms with Gasteiger partial charge in [-0.05, 0) is 42.8 Å². The number of unbranched alkanes of at least 4 members (excludes halogenated alkanes) is 1. The van der Waals surface area contributed by atoms with Crippen molar-refractivity contribution in [2.75, 3.05) is 18.5 Å². The topological polar surface area (TPSA) is 90.7 Å². The normalized spacial score (nSPS) is 10.1. The molecule has 0 fully saturated rings. The summed E-state index contributed by atoms with van der Waals surface area (Å²) in [5.74, 6) is 0.826. The number of benzene rings is 2. The molecule has 2 aromatic rings. The highest BCUT2D eigenvalue weighted by Gasteiger charge is 2.07. The van der Waals surface area contributed by atoms with Gasteiger partial charge in [0.2, 0.25) is 0 Å². The van der Waals surface area contributed by atoms with Crippen molar-refractivity contribution in [3.05, 3.63) is 58.6 Å². The molecule has 2 rings (SSSR count). The van der Waals surface area contributed by atoms with Crippen LogP contribution in [0.15, 0.2) is 48.5 Å². The Kier molecular flexibility index (Phi) is 6.76. The number of nitro groups is 1. The Morgan fingerprint density at radius 3 is 2.24 bits per heavy atom. The summed E-state index contributed by atoms with van der Waals surface area (Å²) < 4.78 is 10.9. The number of carbonyl (C=O) groups excluding carboxylic acids is 1. The zero-order valence-corrected chi connectivity index (χ0v) is 13.9. The second kappa shape index (κ2) is 9.27. The van der Waals surface area contributed by atoms with Crippen LogP contribution in [0.1, 0.15) is 19.8 Å². The second-order valence-corrected chi connectivity index (χ2v) is 5.31. The van der Waals surface area contributed by atoms with Crippen molar-refractivity contribution in [1.82, 2.24) is 0 Å². The molecule has 0 aromatic heterocycles. The number of amides is 1. The van der Waals surface area contributed by atoms with Gasteiger partial charge in [-0.2, -0.15) is 0 Å². The molecule has 0 radical (unpaired) electrons. The SMILES string of the molecule is CCCCOc1ccc(NC(=O)COc2ccc([N+](=O)[O-])cc2)cc1. The average molecular weight is 344 g/mol. The third-order valence-corrected chi connectivity index (χ3v) is 3.32. The number of nitrogens with one attached hydrogen (secondary N) is 1. The van der Waals surface area contributed by atoms with Crippen LogP contribution in [0.4, 0.5) is 11.4 Å². The number of nitrogens with zero attached hydrogens (tertiary/aromatic N) is 1. The number of nitro benzene ring substituents is 1. The predicted molar refractivity (Wildman–Crippen MR) is 94.1 cm³/mol. The van der Waals surface area contributed by atoms with Crippen LogP contribution in [0.5, 0.6) is 11.5 Å². The highest BCUT2D eigenvalue weighted by atomic mass is 16.6. The first kappa shape index (κ1) is 18.3. The van der Waals surface area contributed by atoms with Gasteiger partial charge < -0.3 is 14.8 Å². The lowest BCUT2D eigenvalue weighted by Crippen LogP contribution is -2.20. The smallest absolute Gasteiger partial charge is 0.269 e. The molecule has 7 nitrogen and oxygen atoms in total. The van der Waals surface area contributed by atoms with Gasteiger partial charge in [-0.15, -0.1) is 0 Å². The van der Waals surface area contributed by atoms with Crippen LogP contribution in [-0.2, 0) is 4.79 Å². The van der Waals surface area contributed by atoms with Gasteiger partial charge in [-0.1, -0.05) is 13.3 Å². The quantitative estimate of drug-likeness (QED) is 0.424.